The van der Waals surface area contributed by atoms with E-state index in [1.807, 2.05) is 71.8 Å². The predicted molar refractivity (Wildman–Crippen MR) is 149 cm³/mol. The molecule has 0 fully saturated rings. The fourth-order valence-electron chi connectivity index (χ4n) is 4.95. The molecule has 1 amide bonds. The highest BCUT2D eigenvalue weighted by atomic mass is 16.5. The summed E-state index contributed by atoms with van der Waals surface area (Å²) in [5.74, 6) is 2.73. The Labute approximate surface area is 228 Å². The van der Waals surface area contributed by atoms with Gasteiger partial charge in [-0.2, -0.15) is 0 Å². The summed E-state index contributed by atoms with van der Waals surface area (Å²) in [7, 11) is 3.24. The molecule has 3 aromatic carbocycles. The van der Waals surface area contributed by atoms with Gasteiger partial charge < -0.3 is 23.8 Å². The fourth-order valence-corrected chi connectivity index (χ4v) is 4.95. The molecule has 1 aliphatic rings. The van der Waals surface area contributed by atoms with Crippen LogP contribution in [0.1, 0.15) is 35.5 Å². The minimum absolute atomic E-state index is 0.0680. The van der Waals surface area contributed by atoms with Gasteiger partial charge in [-0.15, -0.1) is 0 Å². The van der Waals surface area contributed by atoms with Gasteiger partial charge in [-0.25, -0.2) is 4.98 Å². The molecule has 0 bridgehead atoms. The molecular weight excluding hydrogens is 494 g/mol. The van der Waals surface area contributed by atoms with Crippen molar-refractivity contribution >= 4 is 5.91 Å². The van der Waals surface area contributed by atoms with Gasteiger partial charge in [0.1, 0.15) is 5.69 Å². The van der Waals surface area contributed by atoms with E-state index in [1.165, 1.54) is 5.56 Å². The summed E-state index contributed by atoms with van der Waals surface area (Å²) < 4.78 is 24.3. The predicted octanol–water partition coefficient (Wildman–Crippen LogP) is 5.55. The van der Waals surface area contributed by atoms with Crippen LogP contribution in [-0.2, 0) is 13.0 Å². The number of benzene rings is 3. The average Bonchev–Trinajstić information content (AvgIpc) is 3.47. The van der Waals surface area contributed by atoms with Crippen LogP contribution in [0.25, 0.3) is 16.8 Å². The molecule has 0 radical (unpaired) electrons. The molecule has 2 heterocycles. The van der Waals surface area contributed by atoms with E-state index in [-0.39, 0.29) is 5.91 Å². The summed E-state index contributed by atoms with van der Waals surface area (Å²) in [4.78, 5) is 19.9. The van der Waals surface area contributed by atoms with Gasteiger partial charge in [0.2, 0.25) is 0 Å². The van der Waals surface area contributed by atoms with Gasteiger partial charge in [0.25, 0.3) is 5.91 Å². The standard InChI is InChI=1S/C31H33N3O5/c1-5-38-29-16-23-12-13-33(19-24(23)17-30(29)39-6-2)31(35)26-18-32-20-34(26)25-9-7-8-21(14-25)22-10-11-27(36-3)28(15-22)37-4/h7-11,14-18,20H,5-6,12-13,19H2,1-4H3. The number of methoxy groups -OCH3 is 2. The van der Waals surface area contributed by atoms with Crippen LogP contribution in [0.4, 0.5) is 0 Å². The summed E-state index contributed by atoms with van der Waals surface area (Å²) >= 11 is 0. The summed E-state index contributed by atoms with van der Waals surface area (Å²) in [6.07, 6.45) is 4.06. The highest BCUT2D eigenvalue weighted by Crippen LogP contribution is 2.35. The lowest BCUT2D eigenvalue weighted by Crippen LogP contribution is -2.37. The summed E-state index contributed by atoms with van der Waals surface area (Å²) in [5.41, 5.74) is 5.58. The molecule has 39 heavy (non-hydrogen) atoms. The number of amides is 1. The third kappa shape index (κ3) is 5.27. The number of rotatable bonds is 9. The molecular formula is C31H33N3O5. The molecule has 202 valence electrons. The summed E-state index contributed by atoms with van der Waals surface area (Å²) in [6.45, 7) is 6.14. The first kappa shape index (κ1) is 26.2. The first-order valence-electron chi connectivity index (χ1n) is 13.1. The summed E-state index contributed by atoms with van der Waals surface area (Å²) in [6, 6.07) is 17.9. The second kappa shape index (κ2) is 11.5. The monoisotopic (exact) mass is 527 g/mol. The number of hydrogen-bond acceptors (Lipinski definition) is 6. The molecule has 0 unspecified atom stereocenters. The first-order chi connectivity index (χ1) is 19.1. The number of carbonyl (C=O) groups is 1. The number of imidazole rings is 1. The second-order valence-electron chi connectivity index (χ2n) is 9.18. The largest absolute Gasteiger partial charge is 0.493 e. The van der Waals surface area contributed by atoms with Crippen molar-refractivity contribution in [2.75, 3.05) is 34.0 Å². The van der Waals surface area contributed by atoms with Crippen LogP contribution in [-0.4, -0.2) is 54.3 Å². The van der Waals surface area contributed by atoms with E-state index in [0.29, 0.717) is 49.2 Å². The average molecular weight is 528 g/mol. The van der Waals surface area contributed by atoms with Crippen LogP contribution in [0.3, 0.4) is 0 Å². The minimum Gasteiger partial charge on any atom is -0.493 e. The van der Waals surface area contributed by atoms with Crippen molar-refractivity contribution in [3.63, 3.8) is 0 Å². The number of nitrogens with zero attached hydrogens (tertiary/aromatic N) is 3. The van der Waals surface area contributed by atoms with Crippen LogP contribution >= 0.6 is 0 Å². The quantitative estimate of drug-likeness (QED) is 0.284. The number of ether oxygens (including phenoxy) is 4. The number of hydrogen-bond donors (Lipinski definition) is 0. The van der Waals surface area contributed by atoms with Gasteiger partial charge in [-0.05, 0) is 78.9 Å². The van der Waals surface area contributed by atoms with Crippen molar-refractivity contribution in [3.8, 4) is 39.8 Å². The maximum absolute atomic E-state index is 13.7. The second-order valence-corrected chi connectivity index (χ2v) is 9.18. The smallest absolute Gasteiger partial charge is 0.272 e. The van der Waals surface area contributed by atoms with Crippen molar-refractivity contribution < 1.29 is 23.7 Å². The Hall–Kier alpha value is -4.46. The lowest BCUT2D eigenvalue weighted by atomic mass is 9.98. The SMILES string of the molecule is CCOc1cc2c(cc1OCC)CN(C(=O)c1cncn1-c1cccc(-c3ccc(OC)c(OC)c3)c1)CC2. The first-order valence-corrected chi connectivity index (χ1v) is 13.1. The van der Waals surface area contributed by atoms with Gasteiger partial charge in [-0.1, -0.05) is 18.2 Å². The highest BCUT2D eigenvalue weighted by Gasteiger charge is 2.26. The van der Waals surface area contributed by atoms with Gasteiger partial charge in [0, 0.05) is 18.8 Å². The zero-order chi connectivity index (χ0) is 27.4. The molecule has 0 saturated heterocycles. The normalized spacial score (nSPS) is 12.6. The fraction of sp³-hybridized carbons (Fsp3) is 0.290. The molecule has 1 aliphatic heterocycles. The number of carbonyl (C=O) groups excluding carboxylic acids is 1. The Kier molecular flexibility index (Phi) is 7.72. The molecule has 8 nitrogen and oxygen atoms in total. The van der Waals surface area contributed by atoms with E-state index in [4.69, 9.17) is 18.9 Å². The Balaban J connectivity index is 1.41. The molecule has 0 atom stereocenters. The zero-order valence-corrected chi connectivity index (χ0v) is 22.8. The molecule has 0 N–H and O–H groups in total. The molecule has 5 rings (SSSR count). The Bertz CT molecular complexity index is 1480. The lowest BCUT2D eigenvalue weighted by molar-refractivity contribution is 0.0726. The van der Waals surface area contributed by atoms with E-state index < -0.39 is 0 Å². The topological polar surface area (TPSA) is 75.1 Å². The molecule has 1 aromatic heterocycles. The Morgan fingerprint density at radius 2 is 1.56 bits per heavy atom. The number of fused-ring (bicyclic) bond motifs is 1. The van der Waals surface area contributed by atoms with E-state index in [1.54, 1.807) is 26.7 Å². The van der Waals surface area contributed by atoms with E-state index >= 15 is 0 Å². The van der Waals surface area contributed by atoms with Crippen LogP contribution in [0, 0.1) is 0 Å². The van der Waals surface area contributed by atoms with Crippen molar-refractivity contribution in [3.05, 3.63) is 83.9 Å². The maximum Gasteiger partial charge on any atom is 0.272 e. The molecule has 0 spiro atoms. The zero-order valence-electron chi connectivity index (χ0n) is 22.8. The Morgan fingerprint density at radius 1 is 0.846 bits per heavy atom. The van der Waals surface area contributed by atoms with E-state index in [2.05, 4.69) is 11.1 Å². The van der Waals surface area contributed by atoms with Gasteiger partial charge in [-0.3, -0.25) is 9.36 Å². The van der Waals surface area contributed by atoms with Crippen molar-refractivity contribution in [2.24, 2.45) is 0 Å². The molecule has 4 aromatic rings. The third-order valence-electron chi connectivity index (χ3n) is 6.86. The molecule has 8 heteroatoms. The summed E-state index contributed by atoms with van der Waals surface area (Å²) in [5, 5.41) is 0. The molecule has 0 aliphatic carbocycles. The molecule has 0 saturated carbocycles. The van der Waals surface area contributed by atoms with Gasteiger partial charge >= 0.3 is 0 Å². The highest BCUT2D eigenvalue weighted by molar-refractivity contribution is 5.93. The minimum atomic E-state index is -0.0680. The lowest BCUT2D eigenvalue weighted by Gasteiger charge is -2.30. The van der Waals surface area contributed by atoms with E-state index in [9.17, 15) is 4.79 Å². The van der Waals surface area contributed by atoms with Crippen LogP contribution < -0.4 is 18.9 Å². The van der Waals surface area contributed by atoms with Gasteiger partial charge in [0.05, 0.1) is 40.0 Å². The number of aromatic nitrogens is 2. The van der Waals surface area contributed by atoms with Crippen molar-refractivity contribution in [1.29, 1.82) is 0 Å². The van der Waals surface area contributed by atoms with Crippen molar-refractivity contribution in [1.82, 2.24) is 14.5 Å². The van der Waals surface area contributed by atoms with E-state index in [0.717, 1.165) is 34.5 Å². The Morgan fingerprint density at radius 3 is 2.28 bits per heavy atom. The maximum atomic E-state index is 13.7. The third-order valence-corrected chi connectivity index (χ3v) is 6.86. The van der Waals surface area contributed by atoms with Crippen LogP contribution in [0.5, 0.6) is 23.0 Å². The van der Waals surface area contributed by atoms with Crippen LogP contribution in [0.15, 0.2) is 67.1 Å². The van der Waals surface area contributed by atoms with Gasteiger partial charge in [0.15, 0.2) is 23.0 Å². The van der Waals surface area contributed by atoms with Crippen molar-refractivity contribution in [2.45, 2.75) is 26.8 Å². The van der Waals surface area contributed by atoms with Crippen LogP contribution in [0.2, 0.25) is 0 Å².